The molecule has 0 aliphatic heterocycles. The highest BCUT2D eigenvalue weighted by molar-refractivity contribution is 6.30. The Bertz CT molecular complexity index is 845. The predicted molar refractivity (Wildman–Crippen MR) is 89.2 cm³/mol. The smallest absolute Gasteiger partial charge is 0.251 e. The minimum atomic E-state index is -0.129. The molecule has 6 heteroatoms. The van der Waals surface area contributed by atoms with Crippen molar-refractivity contribution in [1.29, 1.82) is 0 Å². The summed E-state index contributed by atoms with van der Waals surface area (Å²) in [5, 5.41) is 3.54. The van der Waals surface area contributed by atoms with Crippen molar-refractivity contribution in [3.63, 3.8) is 0 Å². The van der Waals surface area contributed by atoms with Crippen LogP contribution >= 0.6 is 11.6 Å². The van der Waals surface area contributed by atoms with Gasteiger partial charge in [0.15, 0.2) is 0 Å². The number of nitrogens with one attached hydrogen (secondary N) is 1. The average Bonchev–Trinajstić information content (AvgIpc) is 2.96. The quantitative estimate of drug-likeness (QED) is 0.783. The molecule has 0 radical (unpaired) electrons. The van der Waals surface area contributed by atoms with Crippen LogP contribution in [0.5, 0.6) is 5.75 Å². The third-order valence-corrected chi connectivity index (χ3v) is 3.69. The van der Waals surface area contributed by atoms with Crippen LogP contribution < -0.4 is 10.1 Å². The minimum absolute atomic E-state index is 0.129. The van der Waals surface area contributed by atoms with Crippen molar-refractivity contribution in [2.45, 2.75) is 6.42 Å². The molecule has 23 heavy (non-hydrogen) atoms. The van der Waals surface area contributed by atoms with Gasteiger partial charge in [-0.1, -0.05) is 17.7 Å². The number of benzene rings is 1. The van der Waals surface area contributed by atoms with Gasteiger partial charge in [-0.15, -0.1) is 0 Å². The number of carbonyl (C=O) groups is 1. The highest BCUT2D eigenvalue weighted by Crippen LogP contribution is 2.13. The number of carbonyl (C=O) groups excluding carboxylic acids is 1. The molecule has 0 aliphatic carbocycles. The summed E-state index contributed by atoms with van der Waals surface area (Å²) in [4.78, 5) is 16.6. The number of methoxy groups -OCH3 is 1. The standard InChI is InChI=1S/C17H16ClN3O2/c1-23-15-4-2-3-12(9-15)17(22)19-8-7-14-11-21-10-13(18)5-6-16(21)20-14/h2-6,9-11H,7-8H2,1H3,(H,19,22). The molecule has 0 saturated heterocycles. The summed E-state index contributed by atoms with van der Waals surface area (Å²) < 4.78 is 7.00. The van der Waals surface area contributed by atoms with Gasteiger partial charge >= 0.3 is 0 Å². The van der Waals surface area contributed by atoms with E-state index in [-0.39, 0.29) is 5.91 Å². The Labute approximate surface area is 138 Å². The van der Waals surface area contributed by atoms with Crippen molar-refractivity contribution >= 4 is 23.2 Å². The molecule has 0 unspecified atom stereocenters. The van der Waals surface area contributed by atoms with Crippen molar-refractivity contribution in [2.24, 2.45) is 0 Å². The van der Waals surface area contributed by atoms with Crippen LogP contribution in [0.1, 0.15) is 16.1 Å². The fraction of sp³-hybridized carbons (Fsp3) is 0.176. The molecule has 1 amide bonds. The van der Waals surface area contributed by atoms with Crippen molar-refractivity contribution < 1.29 is 9.53 Å². The first-order chi connectivity index (χ1) is 11.2. The number of fused-ring (bicyclic) bond motifs is 1. The molecule has 0 atom stereocenters. The summed E-state index contributed by atoms with van der Waals surface area (Å²) in [5.41, 5.74) is 2.31. The van der Waals surface area contributed by atoms with Gasteiger partial charge < -0.3 is 14.5 Å². The number of nitrogens with zero attached hydrogens (tertiary/aromatic N) is 2. The van der Waals surface area contributed by atoms with E-state index in [0.29, 0.717) is 29.3 Å². The van der Waals surface area contributed by atoms with Crippen molar-refractivity contribution in [2.75, 3.05) is 13.7 Å². The molecule has 0 spiro atoms. The highest BCUT2D eigenvalue weighted by Gasteiger charge is 2.07. The number of hydrogen-bond acceptors (Lipinski definition) is 3. The summed E-state index contributed by atoms with van der Waals surface area (Å²) in [7, 11) is 1.58. The zero-order valence-corrected chi connectivity index (χ0v) is 13.4. The normalized spacial score (nSPS) is 10.7. The Kier molecular flexibility index (Phi) is 4.48. The number of halogens is 1. The van der Waals surface area contributed by atoms with Crippen LogP contribution in [0.3, 0.4) is 0 Å². The van der Waals surface area contributed by atoms with E-state index in [4.69, 9.17) is 16.3 Å². The van der Waals surface area contributed by atoms with Crippen LogP contribution in [-0.4, -0.2) is 28.9 Å². The third-order valence-electron chi connectivity index (χ3n) is 3.46. The van der Waals surface area contributed by atoms with E-state index >= 15 is 0 Å². The molecule has 0 bridgehead atoms. The SMILES string of the molecule is COc1cccc(C(=O)NCCc2cn3cc(Cl)ccc3n2)c1. The second-order valence-electron chi connectivity index (χ2n) is 5.08. The lowest BCUT2D eigenvalue weighted by atomic mass is 10.2. The van der Waals surface area contributed by atoms with Crippen molar-refractivity contribution in [3.8, 4) is 5.75 Å². The van der Waals surface area contributed by atoms with Crippen molar-refractivity contribution in [1.82, 2.24) is 14.7 Å². The fourth-order valence-electron chi connectivity index (χ4n) is 2.31. The Morgan fingerprint density at radius 2 is 2.17 bits per heavy atom. The Hall–Kier alpha value is -2.53. The van der Waals surface area contributed by atoms with Crippen molar-refractivity contribution in [3.05, 3.63) is 65.1 Å². The van der Waals surface area contributed by atoms with Crippen LogP contribution in [0, 0.1) is 0 Å². The maximum absolute atomic E-state index is 12.1. The van der Waals surface area contributed by atoms with E-state index in [2.05, 4.69) is 10.3 Å². The Balaban J connectivity index is 1.60. The minimum Gasteiger partial charge on any atom is -0.497 e. The first-order valence-corrected chi connectivity index (χ1v) is 7.59. The first kappa shape index (κ1) is 15.4. The maximum atomic E-state index is 12.1. The third kappa shape index (κ3) is 3.63. The zero-order chi connectivity index (χ0) is 16.2. The molecule has 0 aliphatic rings. The number of pyridine rings is 1. The Morgan fingerprint density at radius 1 is 1.30 bits per heavy atom. The van der Waals surface area contributed by atoms with Crippen LogP contribution in [0.25, 0.3) is 5.65 Å². The van der Waals surface area contributed by atoms with Gasteiger partial charge in [-0.2, -0.15) is 0 Å². The number of amides is 1. The molecule has 1 N–H and O–H groups in total. The van der Waals surface area contributed by atoms with E-state index < -0.39 is 0 Å². The van der Waals surface area contributed by atoms with Gasteiger partial charge in [-0.3, -0.25) is 4.79 Å². The van der Waals surface area contributed by atoms with Gasteiger partial charge in [0.25, 0.3) is 5.91 Å². The number of imidazole rings is 1. The largest absolute Gasteiger partial charge is 0.497 e. The van der Waals surface area contributed by atoms with Gasteiger partial charge in [0, 0.05) is 30.9 Å². The predicted octanol–water partition coefficient (Wildman–Crippen LogP) is 2.97. The number of ether oxygens (including phenoxy) is 1. The molecular weight excluding hydrogens is 314 g/mol. The molecule has 3 rings (SSSR count). The van der Waals surface area contributed by atoms with Crippen LogP contribution in [0.2, 0.25) is 5.02 Å². The van der Waals surface area contributed by atoms with E-state index in [0.717, 1.165) is 11.3 Å². The average molecular weight is 330 g/mol. The van der Waals surface area contributed by atoms with E-state index in [1.165, 1.54) is 0 Å². The van der Waals surface area contributed by atoms with Gasteiger partial charge in [0.1, 0.15) is 11.4 Å². The molecule has 2 heterocycles. The topological polar surface area (TPSA) is 55.6 Å². The van der Waals surface area contributed by atoms with Gasteiger partial charge in [0.05, 0.1) is 17.8 Å². The molecule has 3 aromatic rings. The second kappa shape index (κ2) is 6.71. The number of rotatable bonds is 5. The molecule has 1 aromatic carbocycles. The summed E-state index contributed by atoms with van der Waals surface area (Å²) in [6.07, 6.45) is 4.37. The molecule has 2 aromatic heterocycles. The number of aromatic nitrogens is 2. The number of hydrogen-bond donors (Lipinski definition) is 1. The second-order valence-corrected chi connectivity index (χ2v) is 5.52. The monoisotopic (exact) mass is 329 g/mol. The highest BCUT2D eigenvalue weighted by atomic mass is 35.5. The van der Waals surface area contributed by atoms with Gasteiger partial charge in [0.2, 0.25) is 0 Å². The lowest BCUT2D eigenvalue weighted by Crippen LogP contribution is -2.25. The van der Waals surface area contributed by atoms with Crippen LogP contribution in [0.4, 0.5) is 0 Å². The van der Waals surface area contributed by atoms with Gasteiger partial charge in [-0.05, 0) is 30.3 Å². The van der Waals surface area contributed by atoms with E-state index in [1.807, 2.05) is 22.9 Å². The lowest BCUT2D eigenvalue weighted by Gasteiger charge is -2.05. The summed E-state index contributed by atoms with van der Waals surface area (Å²) >= 11 is 5.95. The van der Waals surface area contributed by atoms with Crippen LogP contribution in [0.15, 0.2) is 48.8 Å². The molecule has 5 nitrogen and oxygen atoms in total. The summed E-state index contributed by atoms with van der Waals surface area (Å²) in [6, 6.07) is 10.7. The first-order valence-electron chi connectivity index (χ1n) is 7.21. The molecule has 0 fully saturated rings. The Morgan fingerprint density at radius 3 is 3.00 bits per heavy atom. The maximum Gasteiger partial charge on any atom is 0.251 e. The van der Waals surface area contributed by atoms with Crippen LogP contribution in [-0.2, 0) is 6.42 Å². The summed E-state index contributed by atoms with van der Waals surface area (Å²) in [6.45, 7) is 0.508. The fourth-order valence-corrected chi connectivity index (χ4v) is 2.48. The zero-order valence-electron chi connectivity index (χ0n) is 12.6. The van der Waals surface area contributed by atoms with Gasteiger partial charge in [-0.25, -0.2) is 4.98 Å². The molecule has 118 valence electrons. The molecular formula is C17H16ClN3O2. The summed E-state index contributed by atoms with van der Waals surface area (Å²) in [5.74, 6) is 0.533. The van der Waals surface area contributed by atoms with E-state index in [9.17, 15) is 4.79 Å². The van der Waals surface area contributed by atoms with E-state index in [1.54, 1.807) is 37.4 Å². The molecule has 0 saturated carbocycles. The lowest BCUT2D eigenvalue weighted by molar-refractivity contribution is 0.0953.